The van der Waals surface area contributed by atoms with E-state index in [9.17, 15) is 4.79 Å². The first-order valence-electron chi connectivity index (χ1n) is 9.59. The van der Waals surface area contributed by atoms with Gasteiger partial charge in [-0.3, -0.25) is 4.79 Å². The third kappa shape index (κ3) is 2.63. The van der Waals surface area contributed by atoms with E-state index in [4.69, 9.17) is 4.74 Å². The summed E-state index contributed by atoms with van der Waals surface area (Å²) in [5.41, 5.74) is 0.482. The molecule has 23 heavy (non-hydrogen) atoms. The van der Waals surface area contributed by atoms with Crippen LogP contribution in [0.15, 0.2) is 0 Å². The van der Waals surface area contributed by atoms with E-state index in [2.05, 4.69) is 46.9 Å². The van der Waals surface area contributed by atoms with Crippen molar-refractivity contribution in [2.75, 3.05) is 6.61 Å². The van der Waals surface area contributed by atoms with E-state index < -0.39 is 0 Å². The average molecular weight is 322 g/mol. The summed E-state index contributed by atoms with van der Waals surface area (Å²) in [5.74, 6) is 2.57. The highest BCUT2D eigenvalue weighted by Gasteiger charge is 2.68. The molecule has 1 N–H and O–H groups in total. The molecule has 3 aliphatic rings. The lowest BCUT2D eigenvalue weighted by Crippen LogP contribution is -2.60. The van der Waals surface area contributed by atoms with E-state index in [1.54, 1.807) is 0 Å². The Balaban J connectivity index is 1.87. The Morgan fingerprint density at radius 3 is 2.57 bits per heavy atom. The lowest BCUT2D eigenvalue weighted by molar-refractivity contribution is -0.144. The molecule has 1 aliphatic heterocycles. The molecule has 3 rings (SSSR count). The second kappa shape index (κ2) is 5.75. The largest absolute Gasteiger partial charge is 0.378 e. The lowest BCUT2D eigenvalue weighted by atomic mass is 9.58. The molecule has 1 saturated heterocycles. The fourth-order valence-electron chi connectivity index (χ4n) is 6.08. The smallest absolute Gasteiger partial charge is 0.220 e. The Kier molecular flexibility index (Phi) is 4.32. The van der Waals surface area contributed by atoms with Gasteiger partial charge < -0.3 is 10.1 Å². The molecule has 1 amide bonds. The van der Waals surface area contributed by atoms with Crippen LogP contribution < -0.4 is 5.32 Å². The van der Waals surface area contributed by atoms with E-state index in [1.807, 2.05) is 0 Å². The van der Waals surface area contributed by atoms with Crippen LogP contribution in [0.1, 0.15) is 67.2 Å². The maximum absolute atomic E-state index is 12.5. The monoisotopic (exact) mass is 321 g/mol. The highest BCUT2D eigenvalue weighted by molar-refractivity contribution is 5.76. The third-order valence-corrected chi connectivity index (χ3v) is 7.10. The summed E-state index contributed by atoms with van der Waals surface area (Å²) in [5, 5.41) is 3.49. The summed E-state index contributed by atoms with van der Waals surface area (Å²) in [6.07, 6.45) is 4.69. The summed E-state index contributed by atoms with van der Waals surface area (Å²) in [7, 11) is 0. The molecule has 0 aromatic carbocycles. The number of fused-ring (bicyclic) bond motifs is 1. The highest BCUT2D eigenvalue weighted by Crippen LogP contribution is 2.69. The van der Waals surface area contributed by atoms with Crippen LogP contribution in [0.25, 0.3) is 0 Å². The fraction of sp³-hybridized carbons (Fsp3) is 0.950. The highest BCUT2D eigenvalue weighted by atomic mass is 16.5. The van der Waals surface area contributed by atoms with Crippen molar-refractivity contribution in [2.24, 2.45) is 34.5 Å². The second-order valence-corrected chi connectivity index (χ2v) is 9.73. The summed E-state index contributed by atoms with van der Waals surface area (Å²) in [6.45, 7) is 14.4. The summed E-state index contributed by atoms with van der Waals surface area (Å²) >= 11 is 0. The van der Waals surface area contributed by atoms with Gasteiger partial charge in [0.25, 0.3) is 0 Å². The zero-order valence-electron chi connectivity index (χ0n) is 15.8. The number of carbonyl (C=O) groups excluding carboxylic acids is 1. The van der Waals surface area contributed by atoms with E-state index in [1.165, 1.54) is 12.8 Å². The van der Waals surface area contributed by atoms with Crippen molar-refractivity contribution in [2.45, 2.75) is 79.4 Å². The van der Waals surface area contributed by atoms with Gasteiger partial charge in [0.05, 0.1) is 6.10 Å². The molecule has 5 atom stereocenters. The van der Waals surface area contributed by atoms with Gasteiger partial charge in [0.15, 0.2) is 0 Å². The summed E-state index contributed by atoms with van der Waals surface area (Å²) in [4.78, 5) is 12.5. The molecule has 2 bridgehead atoms. The summed E-state index contributed by atoms with van der Waals surface area (Å²) < 4.78 is 6.17. The Labute approximate surface area is 141 Å². The zero-order chi connectivity index (χ0) is 17.0. The van der Waals surface area contributed by atoms with Crippen molar-refractivity contribution in [3.05, 3.63) is 0 Å². The molecule has 0 aromatic rings. The maximum Gasteiger partial charge on any atom is 0.220 e. The minimum atomic E-state index is 0.210. The number of ether oxygens (including phenoxy) is 1. The normalized spacial score (nSPS) is 41.4. The van der Waals surface area contributed by atoms with Crippen molar-refractivity contribution in [1.29, 1.82) is 0 Å². The molecule has 132 valence electrons. The Morgan fingerprint density at radius 2 is 1.96 bits per heavy atom. The average Bonchev–Trinajstić information content (AvgIpc) is 2.91. The van der Waals surface area contributed by atoms with Crippen LogP contribution >= 0.6 is 0 Å². The van der Waals surface area contributed by atoms with Gasteiger partial charge in [0.1, 0.15) is 0 Å². The number of nitrogens with one attached hydrogen (secondary N) is 1. The SMILES string of the molecule is CC(C)CC(=O)N[C@@H]1C(C)(C)[C@@H]2C[C@@H]3[C@@H](C(C)C)OCCC31C2. The first kappa shape index (κ1) is 17.3. The minimum absolute atomic E-state index is 0.210. The molecular formula is C20H35NO2. The van der Waals surface area contributed by atoms with Gasteiger partial charge in [0, 0.05) is 19.1 Å². The van der Waals surface area contributed by atoms with Crippen LogP contribution in [0.2, 0.25) is 0 Å². The molecule has 3 nitrogen and oxygen atoms in total. The van der Waals surface area contributed by atoms with E-state index in [0.29, 0.717) is 36.3 Å². The fourth-order valence-corrected chi connectivity index (χ4v) is 6.08. The minimum Gasteiger partial charge on any atom is -0.378 e. The van der Waals surface area contributed by atoms with Crippen LogP contribution in [-0.2, 0) is 9.53 Å². The van der Waals surface area contributed by atoms with Crippen molar-refractivity contribution >= 4 is 5.91 Å². The quantitative estimate of drug-likeness (QED) is 0.849. The number of carbonyl (C=O) groups is 1. The standard InChI is InChI=1S/C20H35NO2/c1-12(2)9-16(22)21-18-19(5,6)14-10-15-17(13(3)4)23-8-7-20(15,18)11-14/h12-15,17-18H,7-11H2,1-6H3,(H,21,22)/t14-,15-,17-,18-,20?/m1/s1. The van der Waals surface area contributed by atoms with Gasteiger partial charge >= 0.3 is 0 Å². The number of amides is 1. The molecular weight excluding hydrogens is 286 g/mol. The Bertz CT molecular complexity index is 470. The van der Waals surface area contributed by atoms with E-state index in [0.717, 1.165) is 18.9 Å². The molecule has 0 radical (unpaired) electrons. The van der Waals surface area contributed by atoms with Gasteiger partial charge in [-0.05, 0) is 53.8 Å². The first-order chi connectivity index (χ1) is 10.7. The van der Waals surface area contributed by atoms with Gasteiger partial charge in [-0.25, -0.2) is 0 Å². The predicted molar refractivity (Wildman–Crippen MR) is 93.0 cm³/mol. The van der Waals surface area contributed by atoms with Crippen molar-refractivity contribution in [3.63, 3.8) is 0 Å². The van der Waals surface area contributed by atoms with E-state index in [-0.39, 0.29) is 16.7 Å². The molecule has 1 unspecified atom stereocenters. The summed E-state index contributed by atoms with van der Waals surface area (Å²) in [6, 6.07) is 0.315. The second-order valence-electron chi connectivity index (χ2n) is 9.73. The van der Waals surface area contributed by atoms with Gasteiger partial charge in [0.2, 0.25) is 5.91 Å². The van der Waals surface area contributed by atoms with Gasteiger partial charge in [-0.1, -0.05) is 41.5 Å². The first-order valence-corrected chi connectivity index (χ1v) is 9.59. The molecule has 3 heteroatoms. The molecule has 1 heterocycles. The lowest BCUT2D eigenvalue weighted by Gasteiger charge is -2.54. The van der Waals surface area contributed by atoms with E-state index >= 15 is 0 Å². The van der Waals surface area contributed by atoms with Gasteiger partial charge in [-0.15, -0.1) is 0 Å². The van der Waals surface area contributed by atoms with Crippen molar-refractivity contribution in [1.82, 2.24) is 5.32 Å². The van der Waals surface area contributed by atoms with Gasteiger partial charge in [-0.2, -0.15) is 0 Å². The van der Waals surface area contributed by atoms with Crippen LogP contribution in [0, 0.1) is 34.5 Å². The molecule has 0 aromatic heterocycles. The molecule has 1 spiro atoms. The van der Waals surface area contributed by atoms with Crippen molar-refractivity contribution in [3.8, 4) is 0 Å². The topological polar surface area (TPSA) is 38.3 Å². The Hall–Kier alpha value is -0.570. The molecule has 2 saturated carbocycles. The van der Waals surface area contributed by atoms with Crippen LogP contribution in [0.3, 0.4) is 0 Å². The molecule has 3 fully saturated rings. The third-order valence-electron chi connectivity index (χ3n) is 7.10. The van der Waals surface area contributed by atoms with Crippen LogP contribution in [0.4, 0.5) is 0 Å². The number of hydrogen-bond donors (Lipinski definition) is 1. The number of rotatable bonds is 4. The van der Waals surface area contributed by atoms with Crippen molar-refractivity contribution < 1.29 is 9.53 Å². The van der Waals surface area contributed by atoms with Crippen LogP contribution in [-0.4, -0.2) is 24.7 Å². The zero-order valence-corrected chi connectivity index (χ0v) is 15.8. The molecule has 2 aliphatic carbocycles. The number of hydrogen-bond acceptors (Lipinski definition) is 2. The predicted octanol–water partition coefficient (Wildman–Crippen LogP) is 4.01. The maximum atomic E-state index is 12.5. The van der Waals surface area contributed by atoms with Crippen LogP contribution in [0.5, 0.6) is 0 Å². The Morgan fingerprint density at radius 1 is 1.26 bits per heavy atom.